The van der Waals surface area contributed by atoms with Crippen molar-refractivity contribution in [1.82, 2.24) is 97.4 Å². The quantitative estimate of drug-likeness (QED) is 0.0166. The number of imidazole rings is 3. The van der Waals surface area contributed by atoms with Crippen molar-refractivity contribution < 1.29 is 76.7 Å². The summed E-state index contributed by atoms with van der Waals surface area (Å²) in [4.78, 5) is 227. The summed E-state index contributed by atoms with van der Waals surface area (Å²) in [6.07, 6.45) is 16.5. The molecule has 0 radical (unpaired) electrons. The SMILES string of the molecule is CN(C)CCCNC(=O)CCNC(=O)c1cc(NC(=O)c2cc(NC(=O)c3nc(NC(=O)CCNC(=O)c4cc(NC(=O)c5cc(NC(=O)CCCNC(=O)c6nc(NC(=O)c7cc(NC(=O)CCNC(=O)c8cc(NC(=O)c9cc(NC(=O)c%10nc(NC(=O)CCNC(=O)CC[P+](c%11ccccc%11)(c%11ccccc%11)c%11ccccc%11)cn%10C)cn9C)cn8C)cn7C)cn6C)cn5C)cn4C)cn3C)cn2C)cn1C. The molecule has 0 aliphatic rings. The third-order valence-electron chi connectivity index (χ3n) is 23.4. The number of nitrogens with zero attached hydrogens (tertiary/aromatic N) is 14. The number of carbonyl (C=O) groups is 16. The zero-order valence-corrected chi connectivity index (χ0v) is 83.4. The first kappa shape index (κ1) is 105. The normalized spacial score (nSPS) is 11.1. The number of rotatable bonds is 46. The minimum absolute atomic E-state index is 0.0319. The van der Waals surface area contributed by atoms with Gasteiger partial charge in [-0.15, -0.1) is 0 Å². The van der Waals surface area contributed by atoms with Crippen LogP contribution in [0.2, 0.25) is 0 Å². The number of anilines is 10. The molecule has 0 fully saturated rings. The Morgan fingerprint density at radius 3 is 0.842 bits per heavy atom. The van der Waals surface area contributed by atoms with Crippen molar-refractivity contribution in [2.24, 2.45) is 70.5 Å². The molecular weight excluding hydrogens is 1900 g/mol. The fourth-order valence-corrected chi connectivity index (χ4v) is 20.4. The molecule has 16 amide bonds. The lowest BCUT2D eigenvalue weighted by Gasteiger charge is -2.27. The Balaban J connectivity index is 0.477. The molecule has 0 bridgehead atoms. The first-order chi connectivity index (χ1) is 69.8. The predicted molar refractivity (Wildman–Crippen MR) is 551 cm³/mol. The van der Waals surface area contributed by atoms with E-state index in [4.69, 9.17) is 0 Å². The van der Waals surface area contributed by atoms with Crippen LogP contribution >= 0.6 is 7.26 Å². The summed E-state index contributed by atoms with van der Waals surface area (Å²) < 4.78 is 14.7. The molecular formula is C99H116N30O16P+. The summed E-state index contributed by atoms with van der Waals surface area (Å²) in [7, 11) is 17.6. The molecule has 0 atom stereocenters. The van der Waals surface area contributed by atoms with Gasteiger partial charge < -0.3 is 136 Å². The number of aromatic nitrogens is 13. The van der Waals surface area contributed by atoms with Gasteiger partial charge in [0.05, 0.1) is 52.4 Å². The van der Waals surface area contributed by atoms with E-state index in [9.17, 15) is 76.7 Å². The molecule has 0 spiro atoms. The fraction of sp³-hybridized carbons (Fsp3) is 0.283. The first-order valence-electron chi connectivity index (χ1n) is 46.5. The molecule has 47 heteroatoms. The van der Waals surface area contributed by atoms with E-state index in [-0.39, 0.29) is 193 Å². The van der Waals surface area contributed by atoms with Crippen LogP contribution in [0.1, 0.15) is 157 Å². The minimum atomic E-state index is -2.25. The standard InChI is InChI=1S/C99H115N30O16P/c1-119(2)42-23-37-100-81(130)31-39-103-90(136)71-46-64(54-120(71)3)109-94(140)75-50-67(57-125(75)8)112-99(145)89-116-79(59-129(89)12)114-86(135)34-41-105-92(138)73-47-63(53-122(73)5)108-93(139)74-44-61(51-123(74)6)106-83(132)30-22-36-102-97(143)87-117-80(60-127(87)10)118-96(142)77-45-62(52-124(77)7)107-84(133)33-40-104-91(137)72-48-65(55-121(72)4)110-95(141)76-49-66(56-126(76)9)111-98(144)88-115-78(58-128(88)11)113-85(134)32-38-101-82(131)35-43-146(68-24-16-13-17-25-68,69-26-18-14-19-27-69)70-28-20-15-21-29-70/h13-21,24-29,44-60H,22-23,30-43H2,1-12H3,(H15-,100,101,102,103,104,105,106,107,108,109,110,111,112,113,114,118,130,131,132,133,134,135,136,137,138,139,140,141,142,143,144,145)/p+1. The Kier molecular flexibility index (Phi) is 34.7. The maximum absolute atomic E-state index is 13.7. The molecule has 13 aromatic rings. The van der Waals surface area contributed by atoms with E-state index in [0.29, 0.717) is 24.1 Å². The monoisotopic (exact) mass is 2010 g/mol. The van der Waals surface area contributed by atoms with Crippen molar-refractivity contribution in [3.05, 3.63) is 253 Å². The zero-order chi connectivity index (χ0) is 105. The third-order valence-corrected chi connectivity index (χ3v) is 27.8. The highest BCUT2D eigenvalue weighted by atomic mass is 31.2. The van der Waals surface area contributed by atoms with E-state index in [2.05, 4.69) is 136 Å². The Hall–Kier alpha value is -17.8. The van der Waals surface area contributed by atoms with Crippen molar-refractivity contribution >= 4 is 175 Å². The second-order valence-electron chi connectivity index (χ2n) is 34.9. The lowest BCUT2D eigenvalue weighted by atomic mass is 10.3. The summed E-state index contributed by atoms with van der Waals surface area (Å²) in [5, 5.41) is 47.2. The maximum atomic E-state index is 13.7. The Morgan fingerprint density at radius 2 is 0.500 bits per heavy atom. The topological polar surface area (TPSA) is 557 Å². The van der Waals surface area contributed by atoms with Gasteiger partial charge in [0.2, 0.25) is 52.9 Å². The van der Waals surface area contributed by atoms with Crippen LogP contribution in [0.4, 0.5) is 57.3 Å². The highest BCUT2D eigenvalue weighted by Gasteiger charge is 2.45. The molecule has 0 unspecified atom stereocenters. The molecule has 3 aromatic carbocycles. The highest BCUT2D eigenvalue weighted by Crippen LogP contribution is 2.56. The average Bonchev–Trinajstić information content (AvgIpc) is 1.22. The van der Waals surface area contributed by atoms with Crippen LogP contribution in [0.25, 0.3) is 0 Å². The largest absolute Gasteiger partial charge is 0.356 e. The van der Waals surface area contributed by atoms with E-state index < -0.39 is 90.0 Å². The maximum Gasteiger partial charge on any atom is 0.291 e. The van der Waals surface area contributed by atoms with Gasteiger partial charge >= 0.3 is 0 Å². The molecule has 13 rings (SSSR count). The molecule has 16 N–H and O–H groups in total. The van der Waals surface area contributed by atoms with E-state index >= 15 is 0 Å². The van der Waals surface area contributed by atoms with Crippen LogP contribution in [0.3, 0.4) is 0 Å². The van der Waals surface area contributed by atoms with Gasteiger partial charge in [0.15, 0.2) is 17.5 Å². The lowest BCUT2D eigenvalue weighted by Crippen LogP contribution is -2.35. The second-order valence-corrected chi connectivity index (χ2v) is 38.6. The van der Waals surface area contributed by atoms with Crippen LogP contribution in [-0.4, -0.2) is 226 Å². The van der Waals surface area contributed by atoms with E-state index in [0.717, 1.165) is 28.9 Å². The van der Waals surface area contributed by atoms with Gasteiger partial charge in [-0.2, -0.15) is 0 Å². The molecule has 0 aliphatic carbocycles. The van der Waals surface area contributed by atoms with Crippen molar-refractivity contribution in [3.8, 4) is 0 Å². The number of hydrogen-bond donors (Lipinski definition) is 16. The fourth-order valence-electron chi connectivity index (χ4n) is 16.2. The summed E-state index contributed by atoms with van der Waals surface area (Å²) >= 11 is 0. The molecule has 0 aliphatic heterocycles. The number of nitrogens with one attached hydrogen (secondary N) is 16. The Labute approximate surface area is 838 Å². The number of carbonyl (C=O) groups excluding carboxylic acids is 16. The zero-order valence-electron chi connectivity index (χ0n) is 82.5. The van der Waals surface area contributed by atoms with Gasteiger partial charge in [-0.1, -0.05) is 54.6 Å². The summed E-state index contributed by atoms with van der Waals surface area (Å²) in [5.74, 6) is -7.94. The number of aryl methyl sites for hydroxylation is 10. The molecule has 10 heterocycles. The average molecular weight is 2010 g/mol. The van der Waals surface area contributed by atoms with E-state index in [1.807, 2.05) is 73.6 Å². The van der Waals surface area contributed by atoms with Gasteiger partial charge in [0.25, 0.3) is 59.1 Å². The van der Waals surface area contributed by atoms with Crippen molar-refractivity contribution in [3.63, 3.8) is 0 Å². The molecule has 46 nitrogen and oxygen atoms in total. The van der Waals surface area contributed by atoms with Gasteiger partial charge in [0.1, 0.15) is 63.0 Å². The summed E-state index contributed by atoms with van der Waals surface area (Å²) in [5.41, 5.74) is 3.10. The smallest absolute Gasteiger partial charge is 0.291 e. The molecule has 10 aromatic heterocycles. The Bertz CT molecular complexity index is 6980. The van der Waals surface area contributed by atoms with Crippen LogP contribution in [0.15, 0.2) is 195 Å². The van der Waals surface area contributed by atoms with Crippen LogP contribution in [-0.2, 0) is 99.2 Å². The number of amides is 16. The van der Waals surface area contributed by atoms with Crippen LogP contribution in [0.5, 0.6) is 0 Å². The van der Waals surface area contributed by atoms with Crippen LogP contribution in [0, 0.1) is 0 Å². The number of benzene rings is 3. The minimum Gasteiger partial charge on any atom is -0.356 e. The van der Waals surface area contributed by atoms with Crippen molar-refractivity contribution in [1.29, 1.82) is 0 Å². The molecule has 762 valence electrons. The van der Waals surface area contributed by atoms with Crippen LogP contribution < -0.4 is 101 Å². The first-order valence-corrected chi connectivity index (χ1v) is 48.5. The van der Waals surface area contributed by atoms with Gasteiger partial charge in [-0.25, -0.2) is 15.0 Å². The van der Waals surface area contributed by atoms with Gasteiger partial charge in [0, 0.05) is 204 Å². The number of hydrogen-bond acceptors (Lipinski definition) is 20. The van der Waals surface area contributed by atoms with Gasteiger partial charge in [-0.3, -0.25) is 76.7 Å². The third kappa shape index (κ3) is 27.5. The van der Waals surface area contributed by atoms with Crippen molar-refractivity contribution in [2.75, 3.05) is 119 Å². The highest BCUT2D eigenvalue weighted by molar-refractivity contribution is 7.95. The molecule has 0 saturated heterocycles. The predicted octanol–water partition coefficient (Wildman–Crippen LogP) is 5.45. The lowest BCUT2D eigenvalue weighted by molar-refractivity contribution is -0.122. The molecule has 146 heavy (non-hydrogen) atoms. The van der Waals surface area contributed by atoms with E-state index in [1.54, 1.807) is 76.7 Å². The van der Waals surface area contributed by atoms with Crippen molar-refractivity contribution in [2.45, 2.75) is 51.4 Å². The van der Waals surface area contributed by atoms with Gasteiger partial charge in [-0.05, 0) is 112 Å². The summed E-state index contributed by atoms with van der Waals surface area (Å²) in [6.45, 7) is 1.40. The summed E-state index contributed by atoms with van der Waals surface area (Å²) in [6, 6.07) is 40.9. The second kappa shape index (κ2) is 48.1. The molecule has 0 saturated carbocycles. The Morgan fingerprint density at radius 1 is 0.247 bits per heavy atom. The van der Waals surface area contributed by atoms with E-state index in [1.165, 1.54) is 144 Å².